The highest BCUT2D eigenvalue weighted by molar-refractivity contribution is 6.04. The average Bonchev–Trinajstić information content (AvgIpc) is 3.31. The van der Waals surface area contributed by atoms with Crippen LogP contribution >= 0.6 is 0 Å². The SMILES string of the molecule is O=C1Nc2cccc(OC[C@@H]3CO3)c2C1Cc1ccccc1. The second-order valence-corrected chi connectivity index (χ2v) is 5.72. The number of carbonyl (C=O) groups excluding carboxylic acids is 1. The Morgan fingerprint density at radius 1 is 1.14 bits per heavy atom. The standard InChI is InChI=1S/C18H17NO3/c20-18-14(9-12-5-2-1-3-6-12)17-15(19-18)7-4-8-16(17)22-11-13-10-21-13/h1-8,13-14H,9-11H2,(H,19,20)/t13-,14?/m0/s1. The molecule has 1 fully saturated rings. The van der Waals surface area contributed by atoms with Gasteiger partial charge in [0.25, 0.3) is 0 Å². The molecule has 1 saturated heterocycles. The number of epoxide rings is 1. The fourth-order valence-electron chi connectivity index (χ4n) is 2.88. The fraction of sp³-hybridized carbons (Fsp3) is 0.278. The molecule has 0 bridgehead atoms. The number of hydrogen-bond donors (Lipinski definition) is 1. The first-order chi connectivity index (χ1) is 10.8. The van der Waals surface area contributed by atoms with Crippen LogP contribution in [-0.2, 0) is 16.0 Å². The van der Waals surface area contributed by atoms with Gasteiger partial charge in [0.15, 0.2) is 0 Å². The highest BCUT2D eigenvalue weighted by Crippen LogP contribution is 2.41. The zero-order valence-corrected chi connectivity index (χ0v) is 12.1. The van der Waals surface area contributed by atoms with Crippen LogP contribution in [0.4, 0.5) is 5.69 Å². The lowest BCUT2D eigenvalue weighted by Gasteiger charge is -2.14. The third-order valence-corrected chi connectivity index (χ3v) is 4.10. The fourth-order valence-corrected chi connectivity index (χ4v) is 2.88. The Hall–Kier alpha value is -2.33. The van der Waals surface area contributed by atoms with E-state index in [9.17, 15) is 4.79 Å². The quantitative estimate of drug-likeness (QED) is 0.863. The topological polar surface area (TPSA) is 50.9 Å². The van der Waals surface area contributed by atoms with Gasteiger partial charge in [-0.05, 0) is 24.1 Å². The number of fused-ring (bicyclic) bond motifs is 1. The van der Waals surface area contributed by atoms with Gasteiger partial charge in [0.05, 0.1) is 12.5 Å². The normalized spacial score (nSPS) is 22.1. The molecule has 0 aliphatic carbocycles. The molecule has 2 aliphatic heterocycles. The maximum atomic E-state index is 12.3. The van der Waals surface area contributed by atoms with Crippen molar-refractivity contribution in [3.8, 4) is 5.75 Å². The van der Waals surface area contributed by atoms with Crippen molar-refractivity contribution in [1.82, 2.24) is 0 Å². The van der Waals surface area contributed by atoms with Crippen LogP contribution in [0.25, 0.3) is 0 Å². The highest BCUT2D eigenvalue weighted by atomic mass is 16.6. The first-order valence-electron chi connectivity index (χ1n) is 7.53. The number of carbonyl (C=O) groups is 1. The van der Waals surface area contributed by atoms with E-state index in [-0.39, 0.29) is 17.9 Å². The molecule has 2 aromatic rings. The van der Waals surface area contributed by atoms with Crippen molar-refractivity contribution in [2.75, 3.05) is 18.5 Å². The molecule has 4 heteroatoms. The van der Waals surface area contributed by atoms with Gasteiger partial charge in [-0.15, -0.1) is 0 Å². The summed E-state index contributed by atoms with van der Waals surface area (Å²) in [5.74, 6) is 0.624. The minimum Gasteiger partial charge on any atom is -0.490 e. The molecule has 2 aliphatic rings. The van der Waals surface area contributed by atoms with Gasteiger partial charge in [-0.1, -0.05) is 36.4 Å². The van der Waals surface area contributed by atoms with E-state index in [0.717, 1.165) is 29.2 Å². The summed E-state index contributed by atoms with van der Waals surface area (Å²) in [7, 11) is 0. The van der Waals surface area contributed by atoms with Gasteiger partial charge < -0.3 is 14.8 Å². The van der Waals surface area contributed by atoms with E-state index < -0.39 is 0 Å². The first-order valence-corrected chi connectivity index (χ1v) is 7.53. The molecule has 2 aromatic carbocycles. The second-order valence-electron chi connectivity index (χ2n) is 5.72. The van der Waals surface area contributed by atoms with Gasteiger partial charge in [-0.2, -0.15) is 0 Å². The van der Waals surface area contributed by atoms with Crippen molar-refractivity contribution in [2.45, 2.75) is 18.4 Å². The minimum absolute atomic E-state index is 0.0394. The van der Waals surface area contributed by atoms with E-state index in [4.69, 9.17) is 9.47 Å². The van der Waals surface area contributed by atoms with Crippen LogP contribution in [0.2, 0.25) is 0 Å². The number of ether oxygens (including phenoxy) is 2. The zero-order valence-electron chi connectivity index (χ0n) is 12.1. The Morgan fingerprint density at radius 2 is 1.95 bits per heavy atom. The highest BCUT2D eigenvalue weighted by Gasteiger charge is 2.34. The maximum absolute atomic E-state index is 12.3. The number of benzene rings is 2. The molecule has 0 saturated carbocycles. The minimum atomic E-state index is -0.200. The summed E-state index contributed by atoms with van der Waals surface area (Å²) in [6, 6.07) is 15.8. The third-order valence-electron chi connectivity index (χ3n) is 4.10. The first kappa shape index (κ1) is 13.3. The van der Waals surface area contributed by atoms with Gasteiger partial charge in [0.2, 0.25) is 5.91 Å². The molecular formula is C18H17NO3. The summed E-state index contributed by atoms with van der Waals surface area (Å²) in [4.78, 5) is 12.3. The van der Waals surface area contributed by atoms with E-state index in [0.29, 0.717) is 13.0 Å². The summed E-state index contributed by atoms with van der Waals surface area (Å²) < 4.78 is 11.1. The number of anilines is 1. The van der Waals surface area contributed by atoms with Crippen LogP contribution in [0.15, 0.2) is 48.5 Å². The number of hydrogen-bond acceptors (Lipinski definition) is 3. The van der Waals surface area contributed by atoms with E-state index in [1.54, 1.807) is 0 Å². The summed E-state index contributed by atoms with van der Waals surface area (Å²) in [5.41, 5.74) is 2.98. The summed E-state index contributed by atoms with van der Waals surface area (Å²) in [6.07, 6.45) is 0.883. The van der Waals surface area contributed by atoms with E-state index in [2.05, 4.69) is 5.32 Å². The molecule has 22 heavy (non-hydrogen) atoms. The van der Waals surface area contributed by atoms with Crippen LogP contribution in [-0.4, -0.2) is 25.2 Å². The van der Waals surface area contributed by atoms with Crippen molar-refractivity contribution in [3.63, 3.8) is 0 Å². The van der Waals surface area contributed by atoms with Crippen LogP contribution < -0.4 is 10.1 Å². The smallest absolute Gasteiger partial charge is 0.232 e. The van der Waals surface area contributed by atoms with E-state index in [1.165, 1.54) is 0 Å². The largest absolute Gasteiger partial charge is 0.490 e. The Kier molecular flexibility index (Phi) is 3.31. The van der Waals surface area contributed by atoms with Crippen molar-refractivity contribution in [1.29, 1.82) is 0 Å². The number of rotatable bonds is 5. The Labute approximate surface area is 129 Å². The lowest BCUT2D eigenvalue weighted by molar-refractivity contribution is -0.117. The molecular weight excluding hydrogens is 278 g/mol. The van der Waals surface area contributed by atoms with Gasteiger partial charge >= 0.3 is 0 Å². The van der Waals surface area contributed by atoms with Gasteiger partial charge in [0.1, 0.15) is 18.5 Å². The predicted octanol–water partition coefficient (Wildman–Crippen LogP) is 2.74. The predicted molar refractivity (Wildman–Crippen MR) is 83.2 cm³/mol. The molecule has 112 valence electrons. The van der Waals surface area contributed by atoms with Gasteiger partial charge in [-0.25, -0.2) is 0 Å². The average molecular weight is 295 g/mol. The molecule has 1 N–H and O–H groups in total. The summed E-state index contributed by atoms with van der Waals surface area (Å²) >= 11 is 0. The van der Waals surface area contributed by atoms with Crippen LogP contribution in [0, 0.1) is 0 Å². The number of nitrogens with one attached hydrogen (secondary N) is 1. The lowest BCUT2D eigenvalue weighted by atomic mass is 9.92. The molecule has 0 spiro atoms. The van der Waals surface area contributed by atoms with Crippen molar-refractivity contribution < 1.29 is 14.3 Å². The van der Waals surface area contributed by atoms with Crippen molar-refractivity contribution >= 4 is 11.6 Å². The molecule has 0 radical (unpaired) electrons. The van der Waals surface area contributed by atoms with Crippen LogP contribution in [0.1, 0.15) is 17.0 Å². The van der Waals surface area contributed by atoms with E-state index in [1.807, 2.05) is 48.5 Å². The molecule has 2 atom stereocenters. The zero-order chi connectivity index (χ0) is 14.9. The van der Waals surface area contributed by atoms with Crippen LogP contribution in [0.3, 0.4) is 0 Å². The monoisotopic (exact) mass is 295 g/mol. The summed E-state index contributed by atoms with van der Waals surface area (Å²) in [5, 5.41) is 2.96. The molecule has 4 rings (SSSR count). The van der Waals surface area contributed by atoms with Gasteiger partial charge in [0, 0.05) is 11.3 Å². The molecule has 1 amide bonds. The van der Waals surface area contributed by atoms with Crippen molar-refractivity contribution in [2.24, 2.45) is 0 Å². The van der Waals surface area contributed by atoms with Crippen LogP contribution in [0.5, 0.6) is 5.75 Å². The Bertz CT molecular complexity index is 695. The molecule has 0 aromatic heterocycles. The Balaban J connectivity index is 1.62. The Morgan fingerprint density at radius 3 is 2.73 bits per heavy atom. The lowest BCUT2D eigenvalue weighted by Crippen LogP contribution is -2.15. The second kappa shape index (κ2) is 5.46. The van der Waals surface area contributed by atoms with Crippen molar-refractivity contribution in [3.05, 3.63) is 59.7 Å². The summed E-state index contributed by atoms with van der Waals surface area (Å²) in [6.45, 7) is 1.31. The third kappa shape index (κ3) is 2.57. The van der Waals surface area contributed by atoms with E-state index >= 15 is 0 Å². The molecule has 1 unspecified atom stereocenters. The van der Waals surface area contributed by atoms with Gasteiger partial charge in [-0.3, -0.25) is 4.79 Å². The number of amides is 1. The molecule has 4 nitrogen and oxygen atoms in total. The maximum Gasteiger partial charge on any atom is 0.232 e. The molecule has 2 heterocycles.